The van der Waals surface area contributed by atoms with E-state index in [0.29, 0.717) is 0 Å². The number of nitriles is 1. The fourth-order valence-corrected chi connectivity index (χ4v) is 1.35. The van der Waals surface area contributed by atoms with Gasteiger partial charge in [0.1, 0.15) is 6.07 Å². The Labute approximate surface area is 94.7 Å². The Morgan fingerprint density at radius 1 is 1.24 bits per heavy atom. The minimum Gasteiger partial charge on any atom is -0.240 e. The molecule has 0 radical (unpaired) electrons. The molecule has 1 heterocycles. The maximum Gasteiger partial charge on any atom is 0.416 e. The summed E-state index contributed by atoms with van der Waals surface area (Å²) in [6.45, 7) is 0. The smallest absolute Gasteiger partial charge is 0.240 e. The zero-order chi connectivity index (χ0) is 12.5. The van der Waals surface area contributed by atoms with Crippen molar-refractivity contribution < 1.29 is 13.2 Å². The van der Waals surface area contributed by atoms with Crippen molar-refractivity contribution in [2.24, 2.45) is 0 Å². The topological polar surface area (TPSA) is 41.6 Å². The predicted molar refractivity (Wildman–Crippen MR) is 53.3 cm³/mol. The quantitative estimate of drug-likeness (QED) is 0.765. The maximum absolute atomic E-state index is 12.5. The Morgan fingerprint density at radius 3 is 2.59 bits per heavy atom. The van der Waals surface area contributed by atoms with E-state index in [9.17, 15) is 13.2 Å². The summed E-state index contributed by atoms with van der Waals surface area (Å²) in [7, 11) is 0. The van der Waals surface area contributed by atoms with Crippen LogP contribution in [-0.2, 0) is 6.18 Å². The van der Waals surface area contributed by atoms with Crippen LogP contribution in [0.15, 0.2) is 36.5 Å². The Bertz CT molecular complexity index is 578. The lowest BCUT2D eigenvalue weighted by molar-refractivity contribution is -0.137. The number of nitrogens with zero attached hydrogens (tertiary/aromatic N) is 3. The third-order valence-corrected chi connectivity index (χ3v) is 2.14. The molecule has 0 N–H and O–H groups in total. The molecule has 0 saturated carbocycles. The van der Waals surface area contributed by atoms with Crippen LogP contribution in [0.3, 0.4) is 0 Å². The molecule has 2 rings (SSSR count). The minimum atomic E-state index is -4.39. The highest BCUT2D eigenvalue weighted by Crippen LogP contribution is 2.30. The molecule has 1 aromatic carbocycles. The molecule has 2 aromatic rings. The summed E-state index contributed by atoms with van der Waals surface area (Å²) in [6, 6.07) is 7.99. The van der Waals surface area contributed by atoms with Gasteiger partial charge in [-0.1, -0.05) is 6.07 Å². The fourth-order valence-electron chi connectivity index (χ4n) is 1.35. The van der Waals surface area contributed by atoms with Gasteiger partial charge in [-0.25, -0.2) is 4.68 Å². The molecule has 0 atom stereocenters. The van der Waals surface area contributed by atoms with Crippen molar-refractivity contribution in [3.8, 4) is 11.8 Å². The van der Waals surface area contributed by atoms with Crippen molar-refractivity contribution in [2.45, 2.75) is 6.18 Å². The van der Waals surface area contributed by atoms with Gasteiger partial charge in [0.2, 0.25) is 0 Å². The zero-order valence-corrected chi connectivity index (χ0v) is 8.44. The molecule has 17 heavy (non-hydrogen) atoms. The lowest BCUT2D eigenvalue weighted by Crippen LogP contribution is -2.06. The van der Waals surface area contributed by atoms with Crippen molar-refractivity contribution in [1.82, 2.24) is 9.78 Å². The summed E-state index contributed by atoms with van der Waals surface area (Å²) in [6.07, 6.45) is -2.95. The highest BCUT2D eigenvalue weighted by atomic mass is 19.4. The highest BCUT2D eigenvalue weighted by Gasteiger charge is 2.30. The number of halogens is 3. The number of hydrogen-bond acceptors (Lipinski definition) is 2. The van der Waals surface area contributed by atoms with E-state index in [-0.39, 0.29) is 11.4 Å². The summed E-state index contributed by atoms with van der Waals surface area (Å²) in [4.78, 5) is 0. The first-order valence-electron chi connectivity index (χ1n) is 4.64. The summed E-state index contributed by atoms with van der Waals surface area (Å²) < 4.78 is 38.6. The first-order chi connectivity index (χ1) is 8.00. The Balaban J connectivity index is 2.44. The third-order valence-electron chi connectivity index (χ3n) is 2.14. The van der Waals surface area contributed by atoms with Crippen LogP contribution in [0.25, 0.3) is 5.69 Å². The molecule has 0 aliphatic carbocycles. The Morgan fingerprint density at radius 2 is 2.00 bits per heavy atom. The number of aromatic nitrogens is 2. The second kappa shape index (κ2) is 3.94. The van der Waals surface area contributed by atoms with Gasteiger partial charge in [-0.2, -0.15) is 23.5 Å². The van der Waals surface area contributed by atoms with Crippen molar-refractivity contribution in [3.63, 3.8) is 0 Å². The van der Waals surface area contributed by atoms with Gasteiger partial charge in [0.05, 0.1) is 11.3 Å². The predicted octanol–water partition coefficient (Wildman–Crippen LogP) is 2.76. The second-order valence-electron chi connectivity index (χ2n) is 3.31. The van der Waals surface area contributed by atoms with Crippen LogP contribution in [0.2, 0.25) is 0 Å². The molecule has 0 aliphatic rings. The monoisotopic (exact) mass is 237 g/mol. The zero-order valence-electron chi connectivity index (χ0n) is 8.44. The lowest BCUT2D eigenvalue weighted by atomic mass is 10.2. The van der Waals surface area contributed by atoms with Crippen LogP contribution < -0.4 is 0 Å². The average molecular weight is 237 g/mol. The number of hydrogen-bond donors (Lipinski definition) is 0. The van der Waals surface area contributed by atoms with E-state index in [0.717, 1.165) is 12.1 Å². The molecule has 0 bridgehead atoms. The molecule has 0 amide bonds. The van der Waals surface area contributed by atoms with Gasteiger partial charge >= 0.3 is 6.18 Å². The van der Waals surface area contributed by atoms with Crippen LogP contribution in [-0.4, -0.2) is 9.78 Å². The van der Waals surface area contributed by atoms with Crippen LogP contribution in [0.1, 0.15) is 11.3 Å². The second-order valence-corrected chi connectivity index (χ2v) is 3.31. The van der Waals surface area contributed by atoms with Gasteiger partial charge in [0, 0.05) is 6.20 Å². The van der Waals surface area contributed by atoms with Gasteiger partial charge in [0.15, 0.2) is 5.69 Å². The van der Waals surface area contributed by atoms with Crippen LogP contribution >= 0.6 is 0 Å². The average Bonchev–Trinajstić information content (AvgIpc) is 2.76. The molecule has 1 aromatic heterocycles. The molecule has 6 heteroatoms. The minimum absolute atomic E-state index is 0.155. The first kappa shape index (κ1) is 11.2. The lowest BCUT2D eigenvalue weighted by Gasteiger charge is -2.08. The number of alkyl halides is 3. The Kier molecular flexibility index (Phi) is 2.60. The van der Waals surface area contributed by atoms with Gasteiger partial charge < -0.3 is 0 Å². The summed E-state index contributed by atoms with van der Waals surface area (Å²) in [5.41, 5.74) is -0.326. The van der Waals surface area contributed by atoms with Crippen LogP contribution in [0.5, 0.6) is 0 Å². The molecule has 86 valence electrons. The summed E-state index contributed by atoms with van der Waals surface area (Å²) >= 11 is 0. The molecular formula is C11H6F3N3. The summed E-state index contributed by atoms with van der Waals surface area (Å²) in [5.74, 6) is 0. The van der Waals surface area contributed by atoms with Crippen LogP contribution in [0.4, 0.5) is 13.2 Å². The first-order valence-corrected chi connectivity index (χ1v) is 4.64. The standard InChI is InChI=1S/C11H6F3N3/c12-11(13,14)8-2-1-3-10(6-8)17-5-4-9(7-15)16-17/h1-6H. The van der Waals surface area contributed by atoms with Crippen molar-refractivity contribution in [1.29, 1.82) is 5.26 Å². The van der Waals surface area contributed by atoms with E-state index >= 15 is 0 Å². The number of rotatable bonds is 1. The third kappa shape index (κ3) is 2.28. The van der Waals surface area contributed by atoms with Gasteiger partial charge in [-0.3, -0.25) is 0 Å². The van der Waals surface area contributed by atoms with E-state index in [1.165, 1.54) is 29.1 Å². The normalized spacial score (nSPS) is 11.2. The van der Waals surface area contributed by atoms with E-state index in [1.807, 2.05) is 6.07 Å². The molecule has 0 fully saturated rings. The van der Waals surface area contributed by atoms with Crippen LogP contribution in [0, 0.1) is 11.3 Å². The molecule has 0 aliphatic heterocycles. The molecule has 0 saturated heterocycles. The van der Waals surface area contributed by atoms with Gasteiger partial charge in [-0.05, 0) is 24.3 Å². The largest absolute Gasteiger partial charge is 0.416 e. The summed E-state index contributed by atoms with van der Waals surface area (Å²) in [5, 5.41) is 12.4. The fraction of sp³-hybridized carbons (Fsp3) is 0.0909. The van der Waals surface area contributed by atoms with E-state index in [1.54, 1.807) is 0 Å². The maximum atomic E-state index is 12.5. The van der Waals surface area contributed by atoms with E-state index in [2.05, 4.69) is 5.10 Å². The van der Waals surface area contributed by atoms with E-state index in [4.69, 9.17) is 5.26 Å². The van der Waals surface area contributed by atoms with E-state index < -0.39 is 11.7 Å². The number of benzene rings is 1. The molecule has 0 unspecified atom stereocenters. The molecular weight excluding hydrogens is 231 g/mol. The SMILES string of the molecule is N#Cc1ccn(-c2cccc(C(F)(F)F)c2)n1. The Hall–Kier alpha value is -2.29. The van der Waals surface area contributed by atoms with Gasteiger partial charge in [0.25, 0.3) is 0 Å². The molecule has 3 nitrogen and oxygen atoms in total. The van der Waals surface area contributed by atoms with Crippen molar-refractivity contribution in [2.75, 3.05) is 0 Å². The van der Waals surface area contributed by atoms with Crippen molar-refractivity contribution >= 4 is 0 Å². The highest BCUT2D eigenvalue weighted by molar-refractivity contribution is 5.37. The van der Waals surface area contributed by atoms with Crippen molar-refractivity contribution in [3.05, 3.63) is 47.8 Å². The van der Waals surface area contributed by atoms with Gasteiger partial charge in [-0.15, -0.1) is 0 Å². The molecule has 0 spiro atoms.